The maximum Gasteiger partial charge on any atom is 0.240 e. The number of carbonyl (C=O) groups excluding carboxylic acids is 1. The van der Waals surface area contributed by atoms with E-state index in [1.807, 2.05) is 32.0 Å². The summed E-state index contributed by atoms with van der Waals surface area (Å²) < 4.78 is 0. The zero-order valence-electron chi connectivity index (χ0n) is 10.5. The number of benzene rings is 1. The van der Waals surface area contributed by atoms with E-state index in [1.54, 1.807) is 13.0 Å². The first kappa shape index (κ1) is 14.0. The van der Waals surface area contributed by atoms with Crippen LogP contribution in [0.4, 0.5) is 0 Å². The first-order valence-electron chi connectivity index (χ1n) is 5.72. The summed E-state index contributed by atoms with van der Waals surface area (Å²) in [7, 11) is 0. The van der Waals surface area contributed by atoms with Crippen molar-refractivity contribution in [2.45, 2.75) is 38.8 Å². The van der Waals surface area contributed by atoms with Crippen molar-refractivity contribution in [3.8, 4) is 0 Å². The Morgan fingerprint density at radius 3 is 2.76 bits per heavy atom. The van der Waals surface area contributed by atoms with Crippen LogP contribution in [0.2, 0.25) is 5.02 Å². The second-order valence-corrected chi connectivity index (χ2v) is 4.96. The van der Waals surface area contributed by atoms with Crippen molar-refractivity contribution >= 4 is 17.5 Å². The molecule has 0 aliphatic rings. The van der Waals surface area contributed by atoms with Gasteiger partial charge in [0.2, 0.25) is 5.91 Å². The van der Waals surface area contributed by atoms with Crippen molar-refractivity contribution in [2.24, 2.45) is 5.73 Å². The highest BCUT2D eigenvalue weighted by Crippen LogP contribution is 2.18. The lowest BCUT2D eigenvalue weighted by molar-refractivity contribution is -0.126. The molecular formula is C13H19ClN2O. The van der Waals surface area contributed by atoms with Gasteiger partial charge in [0, 0.05) is 5.02 Å². The maximum absolute atomic E-state index is 11.9. The molecule has 1 aromatic carbocycles. The molecule has 0 aromatic heterocycles. The van der Waals surface area contributed by atoms with Gasteiger partial charge in [0.1, 0.15) is 0 Å². The summed E-state index contributed by atoms with van der Waals surface area (Å²) in [6.45, 7) is 5.53. The third-order valence-corrected chi connectivity index (χ3v) is 3.18. The molecule has 2 atom stereocenters. The van der Waals surface area contributed by atoms with Crippen molar-refractivity contribution in [3.63, 3.8) is 0 Å². The van der Waals surface area contributed by atoms with Gasteiger partial charge >= 0.3 is 0 Å². The fourth-order valence-electron chi connectivity index (χ4n) is 1.38. The first-order chi connectivity index (χ1) is 7.86. The molecule has 0 aliphatic carbocycles. The molecule has 0 bridgehead atoms. The van der Waals surface area contributed by atoms with Gasteiger partial charge in [-0.05, 0) is 38.0 Å². The van der Waals surface area contributed by atoms with E-state index in [9.17, 15) is 4.79 Å². The molecule has 0 saturated carbocycles. The number of nitrogens with one attached hydrogen (secondary N) is 1. The lowest BCUT2D eigenvalue weighted by Gasteiger charge is -2.24. The third-order valence-electron chi connectivity index (χ3n) is 2.95. The van der Waals surface area contributed by atoms with E-state index in [-0.39, 0.29) is 11.9 Å². The van der Waals surface area contributed by atoms with Crippen LogP contribution in [0, 0.1) is 0 Å². The standard InChI is InChI=1S/C13H19ClN2O/c1-4-13(3,15)12(17)16-9(2)10-6-5-7-11(14)8-10/h5-9H,4,15H2,1-3H3,(H,16,17)/t9-,13?/m0/s1. The Hall–Kier alpha value is -1.06. The molecule has 4 heteroatoms. The summed E-state index contributed by atoms with van der Waals surface area (Å²) in [5, 5.41) is 3.55. The fraction of sp³-hybridized carbons (Fsp3) is 0.462. The van der Waals surface area contributed by atoms with Gasteiger partial charge in [0.25, 0.3) is 0 Å². The first-order valence-corrected chi connectivity index (χ1v) is 6.10. The summed E-state index contributed by atoms with van der Waals surface area (Å²) >= 11 is 5.91. The van der Waals surface area contributed by atoms with E-state index in [2.05, 4.69) is 5.32 Å². The van der Waals surface area contributed by atoms with Crippen LogP contribution >= 0.6 is 11.6 Å². The number of rotatable bonds is 4. The molecule has 1 amide bonds. The van der Waals surface area contributed by atoms with E-state index in [0.717, 1.165) is 5.56 Å². The average Bonchev–Trinajstić information content (AvgIpc) is 2.28. The maximum atomic E-state index is 11.9. The quantitative estimate of drug-likeness (QED) is 0.868. The smallest absolute Gasteiger partial charge is 0.240 e. The molecule has 0 spiro atoms. The van der Waals surface area contributed by atoms with Crippen molar-refractivity contribution in [1.82, 2.24) is 5.32 Å². The van der Waals surface area contributed by atoms with E-state index >= 15 is 0 Å². The highest BCUT2D eigenvalue weighted by Gasteiger charge is 2.27. The van der Waals surface area contributed by atoms with Gasteiger partial charge in [-0.15, -0.1) is 0 Å². The van der Waals surface area contributed by atoms with Crippen LogP contribution in [-0.2, 0) is 4.79 Å². The molecule has 0 aliphatic heterocycles. The van der Waals surface area contributed by atoms with Crippen LogP contribution in [0.15, 0.2) is 24.3 Å². The van der Waals surface area contributed by atoms with Gasteiger partial charge < -0.3 is 11.1 Å². The monoisotopic (exact) mass is 254 g/mol. The summed E-state index contributed by atoms with van der Waals surface area (Å²) in [5.41, 5.74) is 6.02. The SMILES string of the molecule is CCC(C)(N)C(=O)N[C@@H](C)c1cccc(Cl)c1. The Bertz CT molecular complexity index is 404. The van der Waals surface area contributed by atoms with Crippen molar-refractivity contribution in [3.05, 3.63) is 34.9 Å². The molecular weight excluding hydrogens is 236 g/mol. The Balaban J connectivity index is 2.73. The molecule has 1 rings (SSSR count). The minimum atomic E-state index is -0.827. The second-order valence-electron chi connectivity index (χ2n) is 4.52. The normalized spacial score (nSPS) is 16.1. The van der Waals surface area contributed by atoms with Gasteiger partial charge in [-0.2, -0.15) is 0 Å². The molecule has 1 aromatic rings. The lowest BCUT2D eigenvalue weighted by atomic mass is 9.98. The minimum absolute atomic E-state index is 0.101. The van der Waals surface area contributed by atoms with Crippen LogP contribution < -0.4 is 11.1 Å². The van der Waals surface area contributed by atoms with Gasteiger partial charge in [-0.25, -0.2) is 0 Å². The van der Waals surface area contributed by atoms with Crippen LogP contribution in [0.5, 0.6) is 0 Å². The zero-order chi connectivity index (χ0) is 13.1. The van der Waals surface area contributed by atoms with E-state index in [4.69, 9.17) is 17.3 Å². The number of hydrogen-bond acceptors (Lipinski definition) is 2. The predicted molar refractivity (Wildman–Crippen MR) is 70.9 cm³/mol. The van der Waals surface area contributed by atoms with Crippen molar-refractivity contribution in [2.75, 3.05) is 0 Å². The van der Waals surface area contributed by atoms with Gasteiger partial charge in [-0.3, -0.25) is 4.79 Å². The molecule has 3 nitrogen and oxygen atoms in total. The summed E-state index contributed by atoms with van der Waals surface area (Å²) in [4.78, 5) is 11.9. The summed E-state index contributed by atoms with van der Waals surface area (Å²) in [5.74, 6) is -0.146. The van der Waals surface area contributed by atoms with Gasteiger partial charge in [0.05, 0.1) is 11.6 Å². The van der Waals surface area contributed by atoms with E-state index in [1.165, 1.54) is 0 Å². The molecule has 0 saturated heterocycles. The van der Waals surface area contributed by atoms with Crippen LogP contribution in [0.3, 0.4) is 0 Å². The molecule has 0 radical (unpaired) electrons. The molecule has 1 unspecified atom stereocenters. The van der Waals surface area contributed by atoms with E-state index in [0.29, 0.717) is 11.4 Å². The lowest BCUT2D eigenvalue weighted by Crippen LogP contribution is -2.51. The fourth-order valence-corrected chi connectivity index (χ4v) is 1.58. The zero-order valence-corrected chi connectivity index (χ0v) is 11.2. The van der Waals surface area contributed by atoms with Crippen LogP contribution in [-0.4, -0.2) is 11.4 Å². The average molecular weight is 255 g/mol. The van der Waals surface area contributed by atoms with E-state index < -0.39 is 5.54 Å². The number of nitrogens with two attached hydrogens (primary N) is 1. The van der Waals surface area contributed by atoms with Crippen molar-refractivity contribution < 1.29 is 4.79 Å². The van der Waals surface area contributed by atoms with Crippen molar-refractivity contribution in [1.29, 1.82) is 0 Å². The molecule has 17 heavy (non-hydrogen) atoms. The Morgan fingerprint density at radius 1 is 1.59 bits per heavy atom. The van der Waals surface area contributed by atoms with Crippen LogP contribution in [0.1, 0.15) is 38.8 Å². The Morgan fingerprint density at radius 2 is 2.24 bits per heavy atom. The number of carbonyl (C=O) groups is 1. The molecule has 94 valence electrons. The Kier molecular flexibility index (Phi) is 4.54. The highest BCUT2D eigenvalue weighted by atomic mass is 35.5. The molecule has 0 fully saturated rings. The second kappa shape index (κ2) is 5.52. The van der Waals surface area contributed by atoms with Crippen LogP contribution in [0.25, 0.3) is 0 Å². The topological polar surface area (TPSA) is 55.1 Å². The largest absolute Gasteiger partial charge is 0.348 e. The molecule has 3 N–H and O–H groups in total. The minimum Gasteiger partial charge on any atom is -0.348 e. The number of hydrogen-bond donors (Lipinski definition) is 2. The number of halogens is 1. The molecule has 0 heterocycles. The van der Waals surface area contributed by atoms with Gasteiger partial charge in [-0.1, -0.05) is 30.7 Å². The Labute approximate surface area is 107 Å². The summed E-state index contributed by atoms with van der Waals surface area (Å²) in [6.07, 6.45) is 0.598. The summed E-state index contributed by atoms with van der Waals surface area (Å²) in [6, 6.07) is 7.33. The highest BCUT2D eigenvalue weighted by molar-refractivity contribution is 6.30. The third kappa shape index (κ3) is 3.72. The predicted octanol–water partition coefficient (Wildman–Crippen LogP) is 2.64. The number of amides is 1. The van der Waals surface area contributed by atoms with Gasteiger partial charge in [0.15, 0.2) is 0 Å².